The Morgan fingerprint density at radius 3 is 2.67 bits per heavy atom. The van der Waals surface area contributed by atoms with Crippen LogP contribution in [0.1, 0.15) is 25.8 Å². The predicted molar refractivity (Wildman–Crippen MR) is 68.8 cm³/mol. The van der Waals surface area contributed by atoms with Crippen molar-refractivity contribution in [2.24, 2.45) is 5.92 Å². The smallest absolute Gasteiger partial charge is 0.298 e. The maximum absolute atomic E-state index is 10.3. The van der Waals surface area contributed by atoms with Crippen LogP contribution >= 0.6 is 0 Å². The highest BCUT2D eigenvalue weighted by atomic mass is 16.5. The lowest BCUT2D eigenvalue weighted by molar-refractivity contribution is -0.120. The summed E-state index contributed by atoms with van der Waals surface area (Å²) in [6.07, 6.45) is 1.05. The number of hydrogen-bond donors (Lipinski definition) is 0. The van der Waals surface area contributed by atoms with Crippen molar-refractivity contribution in [1.29, 1.82) is 0 Å². The van der Waals surface area contributed by atoms with E-state index in [0.717, 1.165) is 18.6 Å². The maximum atomic E-state index is 10.3. The highest BCUT2D eigenvalue weighted by Gasteiger charge is 2.05. The van der Waals surface area contributed by atoms with Crippen LogP contribution in [-0.4, -0.2) is 20.2 Å². The summed E-state index contributed by atoms with van der Waals surface area (Å²) >= 11 is 0. The predicted octanol–water partition coefficient (Wildman–Crippen LogP) is 2.79. The summed E-state index contributed by atoms with van der Waals surface area (Å²) in [4.78, 5) is 10.3. The van der Waals surface area contributed by atoms with Crippen LogP contribution in [0.4, 0.5) is 0 Å². The van der Waals surface area contributed by atoms with Crippen LogP contribution in [0.2, 0.25) is 0 Å². The molecule has 0 amide bonds. The highest BCUT2D eigenvalue weighted by molar-refractivity contribution is 5.51. The van der Waals surface area contributed by atoms with Crippen LogP contribution in [0.25, 0.3) is 0 Å². The fraction of sp³-hybridized carbons (Fsp3) is 0.500. The van der Waals surface area contributed by atoms with Gasteiger partial charge in [0.05, 0.1) is 13.7 Å². The first-order chi connectivity index (χ1) is 8.67. The number of carbonyl (C=O) groups is 1. The van der Waals surface area contributed by atoms with Gasteiger partial charge in [-0.25, -0.2) is 0 Å². The molecule has 0 unspecified atom stereocenters. The van der Waals surface area contributed by atoms with Gasteiger partial charge in [0.25, 0.3) is 6.47 Å². The number of rotatable bonds is 8. The molecule has 0 radical (unpaired) electrons. The van der Waals surface area contributed by atoms with Gasteiger partial charge in [-0.2, -0.15) is 0 Å². The van der Waals surface area contributed by atoms with E-state index in [4.69, 9.17) is 14.2 Å². The molecule has 0 saturated carbocycles. The molecule has 0 atom stereocenters. The minimum absolute atomic E-state index is 0.386. The van der Waals surface area contributed by atoms with Crippen molar-refractivity contribution < 1.29 is 19.0 Å². The number of benzene rings is 1. The van der Waals surface area contributed by atoms with Gasteiger partial charge in [-0.05, 0) is 30.0 Å². The standard InChI is InChI=1S/C14H20O4/c1-11(2)6-7-17-9-12-4-5-13(18-10-15)14(8-12)16-3/h4-5,8,10-11H,6-7,9H2,1-3H3. The zero-order valence-electron chi connectivity index (χ0n) is 11.1. The summed E-state index contributed by atoms with van der Waals surface area (Å²) in [5.74, 6) is 1.59. The Kier molecular flexibility index (Phi) is 6.22. The SMILES string of the molecule is COc1cc(COCCC(C)C)ccc1OC=O. The lowest BCUT2D eigenvalue weighted by Crippen LogP contribution is -2.00. The van der Waals surface area contributed by atoms with Crippen molar-refractivity contribution in [1.82, 2.24) is 0 Å². The average Bonchev–Trinajstić information content (AvgIpc) is 2.36. The normalized spacial score (nSPS) is 10.4. The van der Waals surface area contributed by atoms with Crippen molar-refractivity contribution in [2.45, 2.75) is 26.9 Å². The summed E-state index contributed by atoms with van der Waals surface area (Å²) in [5, 5.41) is 0. The van der Waals surface area contributed by atoms with Crippen molar-refractivity contribution >= 4 is 6.47 Å². The third kappa shape index (κ3) is 4.75. The van der Waals surface area contributed by atoms with E-state index < -0.39 is 0 Å². The Balaban J connectivity index is 2.54. The Labute approximate surface area is 108 Å². The second-order valence-corrected chi connectivity index (χ2v) is 4.43. The van der Waals surface area contributed by atoms with E-state index in [2.05, 4.69) is 13.8 Å². The van der Waals surface area contributed by atoms with Crippen LogP contribution in [0.15, 0.2) is 18.2 Å². The quantitative estimate of drug-likeness (QED) is 0.527. The monoisotopic (exact) mass is 252 g/mol. The molecule has 0 aliphatic carbocycles. The van der Waals surface area contributed by atoms with Crippen LogP contribution in [0.5, 0.6) is 11.5 Å². The van der Waals surface area contributed by atoms with Crippen molar-refractivity contribution in [3.05, 3.63) is 23.8 Å². The molecule has 0 bridgehead atoms. The molecule has 4 nitrogen and oxygen atoms in total. The van der Waals surface area contributed by atoms with Crippen LogP contribution in [0, 0.1) is 5.92 Å². The molecule has 0 N–H and O–H groups in total. The average molecular weight is 252 g/mol. The van der Waals surface area contributed by atoms with E-state index in [1.807, 2.05) is 12.1 Å². The minimum atomic E-state index is 0.386. The molecule has 1 rings (SSSR count). The van der Waals surface area contributed by atoms with Gasteiger partial charge in [0.15, 0.2) is 11.5 Å². The summed E-state index contributed by atoms with van der Waals surface area (Å²) in [6, 6.07) is 5.37. The van der Waals surface area contributed by atoms with Gasteiger partial charge in [-0.15, -0.1) is 0 Å². The lowest BCUT2D eigenvalue weighted by atomic mass is 10.1. The van der Waals surface area contributed by atoms with Gasteiger partial charge in [-0.1, -0.05) is 19.9 Å². The first-order valence-corrected chi connectivity index (χ1v) is 6.02. The van der Waals surface area contributed by atoms with E-state index in [9.17, 15) is 4.79 Å². The van der Waals surface area contributed by atoms with E-state index in [-0.39, 0.29) is 0 Å². The molecule has 0 fully saturated rings. The van der Waals surface area contributed by atoms with Crippen LogP contribution in [0.3, 0.4) is 0 Å². The molecule has 0 heterocycles. The number of hydrogen-bond acceptors (Lipinski definition) is 4. The fourth-order valence-corrected chi connectivity index (χ4v) is 1.46. The van der Waals surface area contributed by atoms with Crippen LogP contribution in [-0.2, 0) is 16.1 Å². The van der Waals surface area contributed by atoms with Gasteiger partial charge in [0.1, 0.15) is 0 Å². The van der Waals surface area contributed by atoms with Gasteiger partial charge in [0.2, 0.25) is 0 Å². The maximum Gasteiger partial charge on any atom is 0.298 e. The minimum Gasteiger partial charge on any atom is -0.493 e. The first kappa shape index (κ1) is 14.5. The van der Waals surface area contributed by atoms with Gasteiger partial charge < -0.3 is 14.2 Å². The van der Waals surface area contributed by atoms with E-state index >= 15 is 0 Å². The summed E-state index contributed by atoms with van der Waals surface area (Å²) in [5.41, 5.74) is 0.994. The van der Waals surface area contributed by atoms with Crippen LogP contribution < -0.4 is 9.47 Å². The molecule has 0 spiro atoms. The Bertz CT molecular complexity index is 374. The Morgan fingerprint density at radius 2 is 2.06 bits per heavy atom. The first-order valence-electron chi connectivity index (χ1n) is 6.02. The van der Waals surface area contributed by atoms with E-state index in [1.165, 1.54) is 7.11 Å². The van der Waals surface area contributed by atoms with Gasteiger partial charge in [0, 0.05) is 6.61 Å². The molecule has 0 aliphatic heterocycles. The number of ether oxygens (including phenoxy) is 3. The fourth-order valence-electron chi connectivity index (χ4n) is 1.46. The summed E-state index contributed by atoms with van der Waals surface area (Å²) in [6.45, 7) is 5.99. The van der Waals surface area contributed by atoms with Crippen molar-refractivity contribution in [3.8, 4) is 11.5 Å². The second kappa shape index (κ2) is 7.71. The second-order valence-electron chi connectivity index (χ2n) is 4.43. The van der Waals surface area contributed by atoms with Crippen molar-refractivity contribution in [2.75, 3.05) is 13.7 Å². The van der Waals surface area contributed by atoms with E-state index in [1.54, 1.807) is 6.07 Å². The lowest BCUT2D eigenvalue weighted by Gasteiger charge is -2.10. The summed E-state index contributed by atoms with van der Waals surface area (Å²) in [7, 11) is 1.54. The molecule has 4 heteroatoms. The van der Waals surface area contributed by atoms with Gasteiger partial charge in [-0.3, -0.25) is 4.79 Å². The number of carbonyl (C=O) groups excluding carboxylic acids is 1. The largest absolute Gasteiger partial charge is 0.493 e. The zero-order chi connectivity index (χ0) is 13.4. The van der Waals surface area contributed by atoms with Gasteiger partial charge >= 0.3 is 0 Å². The third-order valence-corrected chi connectivity index (χ3v) is 2.51. The molecule has 0 aliphatic rings. The molecule has 1 aromatic rings. The number of methoxy groups -OCH3 is 1. The molecule has 1 aromatic carbocycles. The highest BCUT2D eigenvalue weighted by Crippen LogP contribution is 2.27. The zero-order valence-corrected chi connectivity index (χ0v) is 11.1. The Hall–Kier alpha value is -1.55. The molecular weight excluding hydrogens is 232 g/mol. The topological polar surface area (TPSA) is 44.8 Å². The molecule has 0 aromatic heterocycles. The van der Waals surface area contributed by atoms with E-state index in [0.29, 0.717) is 30.5 Å². The summed E-state index contributed by atoms with van der Waals surface area (Å²) < 4.78 is 15.5. The van der Waals surface area contributed by atoms with Crippen molar-refractivity contribution in [3.63, 3.8) is 0 Å². The molecule has 18 heavy (non-hydrogen) atoms. The third-order valence-electron chi connectivity index (χ3n) is 2.51. The molecular formula is C14H20O4. The molecule has 100 valence electrons. The Morgan fingerprint density at radius 1 is 1.28 bits per heavy atom. The molecule has 0 saturated heterocycles.